The molecule has 1 atom stereocenters. The normalized spacial score (nSPS) is 19.0. The maximum Gasteiger partial charge on any atom is 0.191 e. The summed E-state index contributed by atoms with van der Waals surface area (Å²) in [4.78, 5) is 6.86. The molecular weight excluding hydrogens is 507 g/mol. The lowest BCUT2D eigenvalue weighted by Crippen LogP contribution is -2.46. The van der Waals surface area contributed by atoms with Crippen LogP contribution >= 0.6 is 24.0 Å². The number of rotatable bonds is 10. The van der Waals surface area contributed by atoms with E-state index in [4.69, 9.17) is 14.2 Å². The first-order chi connectivity index (χ1) is 14.8. The Labute approximate surface area is 204 Å². The SMILES string of the molecule is CN=C(NCCCOC1CCCC1)NCC(c1ccc(OC)cc1)N1CCOCC1.I. The summed E-state index contributed by atoms with van der Waals surface area (Å²) in [7, 11) is 3.52. The third kappa shape index (κ3) is 8.75. The van der Waals surface area contributed by atoms with Crippen molar-refractivity contribution in [3.63, 3.8) is 0 Å². The molecule has 1 heterocycles. The van der Waals surface area contributed by atoms with Gasteiger partial charge in [0.25, 0.3) is 0 Å². The van der Waals surface area contributed by atoms with Gasteiger partial charge in [-0.05, 0) is 37.0 Å². The lowest BCUT2D eigenvalue weighted by atomic mass is 10.0. The van der Waals surface area contributed by atoms with Crippen LogP contribution < -0.4 is 15.4 Å². The van der Waals surface area contributed by atoms with Crippen LogP contribution in [-0.2, 0) is 9.47 Å². The average Bonchev–Trinajstić information content (AvgIpc) is 3.32. The van der Waals surface area contributed by atoms with Crippen LogP contribution in [0.15, 0.2) is 29.3 Å². The molecule has 2 N–H and O–H groups in total. The Balaban J connectivity index is 0.00000341. The third-order valence-corrected chi connectivity index (χ3v) is 5.94. The van der Waals surface area contributed by atoms with Gasteiger partial charge in [0.05, 0.1) is 32.5 Å². The summed E-state index contributed by atoms with van der Waals surface area (Å²) >= 11 is 0. The van der Waals surface area contributed by atoms with Crippen LogP contribution in [-0.4, -0.2) is 77.1 Å². The molecule has 0 bridgehead atoms. The van der Waals surface area contributed by atoms with E-state index in [1.807, 2.05) is 19.2 Å². The van der Waals surface area contributed by atoms with E-state index in [1.165, 1.54) is 31.2 Å². The summed E-state index contributed by atoms with van der Waals surface area (Å²) in [6, 6.07) is 8.61. The summed E-state index contributed by atoms with van der Waals surface area (Å²) in [5, 5.41) is 6.93. The quantitative estimate of drug-likeness (QED) is 0.204. The molecule has 1 aromatic carbocycles. The van der Waals surface area contributed by atoms with Crippen molar-refractivity contribution < 1.29 is 14.2 Å². The fourth-order valence-electron chi connectivity index (χ4n) is 4.17. The predicted molar refractivity (Wildman–Crippen MR) is 136 cm³/mol. The van der Waals surface area contributed by atoms with Crippen LogP contribution in [0.3, 0.4) is 0 Å². The second kappa shape index (κ2) is 14.9. The molecule has 2 aliphatic rings. The Hall–Kier alpha value is -1.10. The molecular formula is C23H39IN4O3. The smallest absolute Gasteiger partial charge is 0.191 e. The monoisotopic (exact) mass is 546 g/mol. The van der Waals surface area contributed by atoms with E-state index >= 15 is 0 Å². The number of aliphatic imine (C=N–C) groups is 1. The standard InChI is InChI=1S/C23H38N4O3.HI/c1-24-23(25-12-5-15-30-21-6-3-4-7-21)26-18-22(27-13-16-29-17-14-27)19-8-10-20(28-2)11-9-19;/h8-11,21-22H,3-7,12-18H2,1-2H3,(H2,24,25,26);1H. The van der Waals surface area contributed by atoms with Crippen molar-refractivity contribution in [3.05, 3.63) is 29.8 Å². The Kier molecular flexibility index (Phi) is 12.5. The topological polar surface area (TPSA) is 67.4 Å². The third-order valence-electron chi connectivity index (χ3n) is 5.94. The molecule has 0 spiro atoms. The number of morpholine rings is 1. The van der Waals surface area contributed by atoms with Crippen LogP contribution in [0.5, 0.6) is 5.75 Å². The van der Waals surface area contributed by atoms with Gasteiger partial charge in [-0.25, -0.2) is 0 Å². The van der Waals surface area contributed by atoms with Crippen LogP contribution in [0.2, 0.25) is 0 Å². The van der Waals surface area contributed by atoms with Gasteiger partial charge in [0, 0.05) is 39.8 Å². The van der Waals surface area contributed by atoms with Crippen LogP contribution in [0, 0.1) is 0 Å². The van der Waals surface area contributed by atoms with Crippen LogP contribution in [0.4, 0.5) is 0 Å². The number of guanidine groups is 1. The number of benzene rings is 1. The highest BCUT2D eigenvalue weighted by Gasteiger charge is 2.23. The van der Waals surface area contributed by atoms with Gasteiger partial charge in [-0.1, -0.05) is 25.0 Å². The molecule has 1 saturated carbocycles. The zero-order valence-electron chi connectivity index (χ0n) is 19.0. The van der Waals surface area contributed by atoms with Crippen molar-refractivity contribution >= 4 is 29.9 Å². The number of halogens is 1. The van der Waals surface area contributed by atoms with Gasteiger partial charge in [0.1, 0.15) is 5.75 Å². The summed E-state index contributed by atoms with van der Waals surface area (Å²) in [6.45, 7) is 5.88. The zero-order valence-corrected chi connectivity index (χ0v) is 21.3. The van der Waals surface area contributed by atoms with E-state index in [-0.39, 0.29) is 30.0 Å². The molecule has 1 aliphatic heterocycles. The first-order valence-electron chi connectivity index (χ1n) is 11.3. The first-order valence-corrected chi connectivity index (χ1v) is 11.3. The van der Waals surface area contributed by atoms with E-state index in [0.717, 1.165) is 64.1 Å². The van der Waals surface area contributed by atoms with Gasteiger partial charge >= 0.3 is 0 Å². The number of nitrogens with zero attached hydrogens (tertiary/aromatic N) is 2. The van der Waals surface area contributed by atoms with Gasteiger partial charge in [-0.3, -0.25) is 9.89 Å². The zero-order chi connectivity index (χ0) is 21.0. The molecule has 1 aromatic rings. The van der Waals surface area contributed by atoms with E-state index in [2.05, 4.69) is 32.7 Å². The maximum absolute atomic E-state index is 5.94. The summed E-state index contributed by atoms with van der Waals surface area (Å²) in [5.41, 5.74) is 1.27. The Morgan fingerprint density at radius 1 is 1.16 bits per heavy atom. The van der Waals surface area contributed by atoms with Gasteiger partial charge in [0.2, 0.25) is 0 Å². The molecule has 3 rings (SSSR count). The fraction of sp³-hybridized carbons (Fsp3) is 0.696. The predicted octanol–water partition coefficient (Wildman–Crippen LogP) is 3.20. The lowest BCUT2D eigenvalue weighted by Gasteiger charge is -2.35. The molecule has 7 nitrogen and oxygen atoms in total. The van der Waals surface area contributed by atoms with Gasteiger partial charge in [-0.15, -0.1) is 24.0 Å². The fourth-order valence-corrected chi connectivity index (χ4v) is 4.17. The highest BCUT2D eigenvalue weighted by atomic mass is 127. The highest BCUT2D eigenvalue weighted by molar-refractivity contribution is 14.0. The lowest BCUT2D eigenvalue weighted by molar-refractivity contribution is 0.0170. The molecule has 1 unspecified atom stereocenters. The van der Waals surface area contributed by atoms with Crippen molar-refractivity contribution in [1.29, 1.82) is 0 Å². The van der Waals surface area contributed by atoms with Crippen molar-refractivity contribution in [3.8, 4) is 5.75 Å². The Morgan fingerprint density at radius 2 is 1.87 bits per heavy atom. The number of ether oxygens (including phenoxy) is 3. The van der Waals surface area contributed by atoms with Crippen LogP contribution in [0.25, 0.3) is 0 Å². The molecule has 176 valence electrons. The molecule has 1 aliphatic carbocycles. The molecule has 1 saturated heterocycles. The number of nitrogens with one attached hydrogen (secondary N) is 2. The van der Waals surface area contributed by atoms with E-state index in [1.54, 1.807) is 7.11 Å². The van der Waals surface area contributed by atoms with Gasteiger partial charge in [-0.2, -0.15) is 0 Å². The Bertz CT molecular complexity index is 632. The molecule has 2 fully saturated rings. The number of methoxy groups -OCH3 is 1. The van der Waals surface area contributed by atoms with Crippen molar-refractivity contribution in [2.75, 3.05) is 60.2 Å². The van der Waals surface area contributed by atoms with Crippen molar-refractivity contribution in [2.24, 2.45) is 4.99 Å². The number of hydrogen-bond acceptors (Lipinski definition) is 5. The summed E-state index contributed by atoms with van der Waals surface area (Å²) in [5.74, 6) is 1.72. The highest BCUT2D eigenvalue weighted by Crippen LogP contribution is 2.24. The first kappa shape index (κ1) is 26.2. The summed E-state index contributed by atoms with van der Waals surface area (Å²) in [6.07, 6.45) is 6.57. The second-order valence-electron chi connectivity index (χ2n) is 7.95. The van der Waals surface area contributed by atoms with Gasteiger partial charge in [0.15, 0.2) is 5.96 Å². The van der Waals surface area contributed by atoms with E-state index in [0.29, 0.717) is 6.10 Å². The minimum atomic E-state index is 0. The van der Waals surface area contributed by atoms with E-state index < -0.39 is 0 Å². The Morgan fingerprint density at radius 3 is 2.52 bits per heavy atom. The van der Waals surface area contributed by atoms with Gasteiger partial charge < -0.3 is 24.8 Å². The number of hydrogen-bond donors (Lipinski definition) is 2. The van der Waals surface area contributed by atoms with E-state index in [9.17, 15) is 0 Å². The maximum atomic E-state index is 5.94. The average molecular weight is 546 g/mol. The van der Waals surface area contributed by atoms with Crippen LogP contribution in [0.1, 0.15) is 43.7 Å². The molecule has 0 radical (unpaired) electrons. The second-order valence-corrected chi connectivity index (χ2v) is 7.95. The van der Waals surface area contributed by atoms with Crippen molar-refractivity contribution in [2.45, 2.75) is 44.2 Å². The molecule has 31 heavy (non-hydrogen) atoms. The molecule has 0 aromatic heterocycles. The molecule has 0 amide bonds. The minimum absolute atomic E-state index is 0. The largest absolute Gasteiger partial charge is 0.497 e. The summed E-state index contributed by atoms with van der Waals surface area (Å²) < 4.78 is 16.8. The minimum Gasteiger partial charge on any atom is -0.497 e. The van der Waals surface area contributed by atoms with Crippen molar-refractivity contribution in [1.82, 2.24) is 15.5 Å². The molecule has 8 heteroatoms.